The fourth-order valence-electron chi connectivity index (χ4n) is 1.79. The summed E-state index contributed by atoms with van der Waals surface area (Å²) in [5.41, 5.74) is 1.67. The van der Waals surface area contributed by atoms with Gasteiger partial charge in [0.05, 0.1) is 0 Å². The topological polar surface area (TPSA) is 59.4 Å². The Morgan fingerprint density at radius 3 is 2.80 bits per heavy atom. The fourth-order valence-corrected chi connectivity index (χ4v) is 2.04. The number of carboxylic acids is 1. The maximum absolute atomic E-state index is 11.2. The van der Waals surface area contributed by atoms with Crippen molar-refractivity contribution < 1.29 is 14.6 Å². The number of carbonyl (C=O) groups is 1. The molecule has 4 nitrogen and oxygen atoms in total. The van der Waals surface area contributed by atoms with Gasteiger partial charge in [-0.3, -0.25) is 4.98 Å². The quantitative estimate of drug-likeness (QED) is 0.921. The minimum absolute atomic E-state index is 0.0311. The maximum atomic E-state index is 11.2. The number of benzene rings is 1. The van der Waals surface area contributed by atoms with Gasteiger partial charge >= 0.3 is 5.97 Å². The van der Waals surface area contributed by atoms with Gasteiger partial charge in [0.2, 0.25) is 0 Å². The zero-order chi connectivity index (χ0) is 14.7. The molecule has 1 aromatic heterocycles. The number of hydrogen-bond donors (Lipinski definition) is 1. The molecular formula is C15H14ClNO3. The molecule has 2 rings (SSSR count). The van der Waals surface area contributed by atoms with Gasteiger partial charge in [0.25, 0.3) is 0 Å². The Labute approximate surface area is 122 Å². The van der Waals surface area contributed by atoms with E-state index in [1.165, 1.54) is 6.20 Å². The Morgan fingerprint density at radius 2 is 2.15 bits per heavy atom. The number of aromatic nitrogens is 1. The van der Waals surface area contributed by atoms with E-state index in [0.29, 0.717) is 16.5 Å². The van der Waals surface area contributed by atoms with E-state index in [0.717, 1.165) is 12.0 Å². The van der Waals surface area contributed by atoms with E-state index in [2.05, 4.69) is 4.98 Å². The zero-order valence-corrected chi connectivity index (χ0v) is 11.9. The molecule has 20 heavy (non-hydrogen) atoms. The summed E-state index contributed by atoms with van der Waals surface area (Å²) in [6.07, 6.45) is 2.07. The summed E-state index contributed by atoms with van der Waals surface area (Å²) in [6.45, 7) is 3.77. The average Bonchev–Trinajstić information content (AvgIpc) is 2.40. The molecule has 104 valence electrons. The van der Waals surface area contributed by atoms with Gasteiger partial charge in [-0.1, -0.05) is 18.5 Å². The summed E-state index contributed by atoms with van der Waals surface area (Å²) >= 11 is 6.05. The van der Waals surface area contributed by atoms with E-state index in [9.17, 15) is 4.79 Å². The van der Waals surface area contributed by atoms with Crippen molar-refractivity contribution in [3.05, 3.63) is 52.3 Å². The van der Waals surface area contributed by atoms with Crippen molar-refractivity contribution in [2.45, 2.75) is 20.3 Å². The highest BCUT2D eigenvalue weighted by molar-refractivity contribution is 6.31. The molecule has 0 spiro atoms. The van der Waals surface area contributed by atoms with Crippen molar-refractivity contribution in [3.63, 3.8) is 0 Å². The highest BCUT2D eigenvalue weighted by atomic mass is 35.5. The summed E-state index contributed by atoms with van der Waals surface area (Å²) < 4.78 is 5.67. The van der Waals surface area contributed by atoms with E-state index in [1.54, 1.807) is 25.1 Å². The van der Waals surface area contributed by atoms with Crippen molar-refractivity contribution in [3.8, 4) is 11.5 Å². The molecule has 0 saturated heterocycles. The third-order valence-corrected chi connectivity index (χ3v) is 3.23. The number of aryl methyl sites for hydroxylation is 2. The molecular weight excluding hydrogens is 278 g/mol. The minimum Gasteiger partial charge on any atom is -0.477 e. The first-order valence-corrected chi connectivity index (χ1v) is 6.55. The lowest BCUT2D eigenvalue weighted by Crippen LogP contribution is -2.02. The van der Waals surface area contributed by atoms with E-state index < -0.39 is 5.97 Å². The largest absolute Gasteiger partial charge is 0.477 e. The van der Waals surface area contributed by atoms with Crippen LogP contribution in [0.3, 0.4) is 0 Å². The Balaban J connectivity index is 2.39. The molecule has 0 bridgehead atoms. The van der Waals surface area contributed by atoms with Gasteiger partial charge in [0.1, 0.15) is 17.1 Å². The predicted molar refractivity (Wildman–Crippen MR) is 76.8 cm³/mol. The summed E-state index contributed by atoms with van der Waals surface area (Å²) in [5.74, 6) is -0.245. The van der Waals surface area contributed by atoms with Gasteiger partial charge < -0.3 is 9.84 Å². The van der Waals surface area contributed by atoms with Crippen LogP contribution in [0.5, 0.6) is 11.5 Å². The molecule has 0 atom stereocenters. The van der Waals surface area contributed by atoms with Gasteiger partial charge in [-0.05, 0) is 37.1 Å². The van der Waals surface area contributed by atoms with Crippen LogP contribution < -0.4 is 4.74 Å². The highest BCUT2D eigenvalue weighted by Crippen LogP contribution is 2.29. The second kappa shape index (κ2) is 5.92. The molecule has 0 amide bonds. The fraction of sp³-hybridized carbons (Fsp3) is 0.200. The summed E-state index contributed by atoms with van der Waals surface area (Å²) in [7, 11) is 0. The summed E-state index contributed by atoms with van der Waals surface area (Å²) in [4.78, 5) is 15.1. The lowest BCUT2D eigenvalue weighted by Gasteiger charge is -2.11. The number of carboxylic acid groups (broad SMARTS) is 1. The van der Waals surface area contributed by atoms with E-state index >= 15 is 0 Å². The molecule has 0 aliphatic heterocycles. The van der Waals surface area contributed by atoms with Crippen LogP contribution in [-0.2, 0) is 6.42 Å². The molecule has 0 radical (unpaired) electrons. The van der Waals surface area contributed by atoms with Crippen molar-refractivity contribution >= 4 is 17.6 Å². The first-order valence-electron chi connectivity index (χ1n) is 6.17. The van der Waals surface area contributed by atoms with Crippen LogP contribution in [0.2, 0.25) is 5.02 Å². The van der Waals surface area contributed by atoms with Crippen molar-refractivity contribution in [2.24, 2.45) is 0 Å². The molecule has 0 saturated carbocycles. The first-order chi connectivity index (χ1) is 9.51. The SMILES string of the molecule is CCc1cc(Oc2cc(C)ncc2C(=O)O)ccc1Cl. The number of halogens is 1. The Hall–Kier alpha value is -2.07. The second-order valence-electron chi connectivity index (χ2n) is 4.34. The minimum atomic E-state index is -1.07. The average molecular weight is 292 g/mol. The van der Waals surface area contributed by atoms with Crippen LogP contribution in [-0.4, -0.2) is 16.1 Å². The first kappa shape index (κ1) is 14.3. The lowest BCUT2D eigenvalue weighted by molar-refractivity contribution is 0.0693. The van der Waals surface area contributed by atoms with Gasteiger partial charge in [-0.25, -0.2) is 4.79 Å². The Morgan fingerprint density at radius 1 is 1.40 bits per heavy atom. The predicted octanol–water partition coefficient (Wildman–Crippen LogP) is 4.10. The Bertz CT molecular complexity index is 656. The van der Waals surface area contributed by atoms with Crippen LogP contribution in [0.15, 0.2) is 30.5 Å². The van der Waals surface area contributed by atoms with E-state index in [1.807, 2.05) is 13.0 Å². The highest BCUT2D eigenvalue weighted by Gasteiger charge is 2.13. The summed E-state index contributed by atoms with van der Waals surface area (Å²) in [5, 5.41) is 9.81. The number of nitrogens with zero attached hydrogens (tertiary/aromatic N) is 1. The third-order valence-electron chi connectivity index (χ3n) is 2.86. The van der Waals surface area contributed by atoms with E-state index in [-0.39, 0.29) is 11.3 Å². The molecule has 5 heteroatoms. The number of pyridine rings is 1. The molecule has 1 aromatic carbocycles. The number of hydrogen-bond acceptors (Lipinski definition) is 3. The van der Waals surface area contributed by atoms with Crippen molar-refractivity contribution in [1.82, 2.24) is 4.98 Å². The van der Waals surface area contributed by atoms with Crippen LogP contribution >= 0.6 is 11.6 Å². The van der Waals surface area contributed by atoms with E-state index in [4.69, 9.17) is 21.4 Å². The summed E-state index contributed by atoms with van der Waals surface area (Å²) in [6, 6.07) is 6.86. The zero-order valence-electron chi connectivity index (χ0n) is 11.2. The number of ether oxygens (including phenoxy) is 1. The van der Waals surface area contributed by atoms with Crippen LogP contribution in [0, 0.1) is 6.92 Å². The smallest absolute Gasteiger partial charge is 0.341 e. The molecule has 1 N–H and O–H groups in total. The van der Waals surface area contributed by atoms with Gasteiger partial charge in [-0.2, -0.15) is 0 Å². The molecule has 0 aliphatic carbocycles. The lowest BCUT2D eigenvalue weighted by atomic mass is 10.1. The van der Waals surface area contributed by atoms with Crippen LogP contribution in [0.1, 0.15) is 28.5 Å². The third kappa shape index (κ3) is 3.08. The molecule has 0 unspecified atom stereocenters. The van der Waals surface area contributed by atoms with Gasteiger partial charge in [0, 0.05) is 23.0 Å². The number of aromatic carboxylic acids is 1. The standard InChI is InChI=1S/C15H14ClNO3/c1-3-10-7-11(4-5-13(10)16)20-14-6-9(2)17-8-12(14)15(18)19/h4-8H,3H2,1-2H3,(H,18,19). The maximum Gasteiger partial charge on any atom is 0.341 e. The van der Waals surface area contributed by atoms with Crippen LogP contribution in [0.4, 0.5) is 0 Å². The van der Waals surface area contributed by atoms with Crippen molar-refractivity contribution in [1.29, 1.82) is 0 Å². The molecule has 2 aromatic rings. The van der Waals surface area contributed by atoms with Crippen LogP contribution in [0.25, 0.3) is 0 Å². The molecule has 0 aliphatic rings. The van der Waals surface area contributed by atoms with Crippen molar-refractivity contribution in [2.75, 3.05) is 0 Å². The normalized spacial score (nSPS) is 10.3. The van der Waals surface area contributed by atoms with Gasteiger partial charge in [-0.15, -0.1) is 0 Å². The molecule has 0 fully saturated rings. The van der Waals surface area contributed by atoms with Gasteiger partial charge in [0.15, 0.2) is 0 Å². The second-order valence-corrected chi connectivity index (χ2v) is 4.74. The number of rotatable bonds is 4. The molecule has 1 heterocycles. The Kier molecular flexibility index (Phi) is 4.25. The monoisotopic (exact) mass is 291 g/mol.